The van der Waals surface area contributed by atoms with Crippen molar-refractivity contribution in [1.82, 2.24) is 0 Å². The van der Waals surface area contributed by atoms with E-state index in [-0.39, 0.29) is 5.41 Å². The fourth-order valence-corrected chi connectivity index (χ4v) is 12.2. The van der Waals surface area contributed by atoms with E-state index < -0.39 is 0 Å². The zero-order valence-electron chi connectivity index (χ0n) is 42.0. The van der Waals surface area contributed by atoms with Crippen molar-refractivity contribution in [3.05, 3.63) is 229 Å². The highest BCUT2D eigenvalue weighted by atomic mass is 16.3. The van der Waals surface area contributed by atoms with Crippen molar-refractivity contribution in [3.63, 3.8) is 0 Å². The number of para-hydroxylation sites is 4. The van der Waals surface area contributed by atoms with Crippen LogP contribution < -0.4 is 9.80 Å². The third-order valence-corrected chi connectivity index (χ3v) is 15.9. The predicted molar refractivity (Wildman–Crippen MR) is 309 cm³/mol. The van der Waals surface area contributed by atoms with E-state index in [1.807, 2.05) is 12.1 Å². The fourth-order valence-electron chi connectivity index (χ4n) is 12.2. The van der Waals surface area contributed by atoms with Crippen molar-refractivity contribution in [2.45, 2.75) is 58.8 Å². The van der Waals surface area contributed by atoms with Crippen LogP contribution in [-0.4, -0.2) is 0 Å². The summed E-state index contributed by atoms with van der Waals surface area (Å²) >= 11 is 0. The van der Waals surface area contributed by atoms with Crippen LogP contribution in [0, 0.1) is 0 Å². The van der Waals surface area contributed by atoms with Crippen LogP contribution >= 0.6 is 0 Å². The Morgan fingerprint density at radius 1 is 0.370 bits per heavy atom. The highest BCUT2D eigenvalue weighted by Crippen LogP contribution is 2.57. The van der Waals surface area contributed by atoms with E-state index in [9.17, 15) is 0 Å². The van der Waals surface area contributed by atoms with Gasteiger partial charge in [0.15, 0.2) is 11.2 Å². The number of anilines is 6. The molecule has 0 spiro atoms. The summed E-state index contributed by atoms with van der Waals surface area (Å²) < 4.78 is 13.4. The van der Waals surface area contributed by atoms with Crippen LogP contribution in [0.2, 0.25) is 0 Å². The molecular weight excluding hydrogens is 889 g/mol. The van der Waals surface area contributed by atoms with Gasteiger partial charge >= 0.3 is 0 Å². The second kappa shape index (κ2) is 16.2. The van der Waals surface area contributed by atoms with Gasteiger partial charge in [0, 0.05) is 49.7 Å². The molecule has 2 aromatic heterocycles. The first-order chi connectivity index (χ1) is 35.6. The molecule has 11 aromatic carbocycles. The smallest absolute Gasteiger partial charge is 0.159 e. The van der Waals surface area contributed by atoms with E-state index in [4.69, 9.17) is 8.83 Å². The molecule has 1 aliphatic carbocycles. The topological polar surface area (TPSA) is 32.8 Å². The maximum absolute atomic E-state index is 6.74. The molecular formula is C69H54N2O2. The van der Waals surface area contributed by atoms with E-state index >= 15 is 0 Å². The lowest BCUT2D eigenvalue weighted by atomic mass is 9.79. The Labute approximate surface area is 425 Å². The summed E-state index contributed by atoms with van der Waals surface area (Å²) in [5.74, 6) is 0.854. The largest absolute Gasteiger partial charge is 0.454 e. The Morgan fingerprint density at radius 2 is 0.849 bits per heavy atom. The Hall–Kier alpha value is -8.60. The Kier molecular flexibility index (Phi) is 9.60. The lowest BCUT2D eigenvalue weighted by Crippen LogP contribution is -2.16. The predicted octanol–water partition coefficient (Wildman–Crippen LogP) is 20.4. The normalized spacial score (nSPS) is 13.2. The molecule has 0 unspecified atom stereocenters. The summed E-state index contributed by atoms with van der Waals surface area (Å²) in [6.07, 6.45) is 0. The Bertz CT molecular complexity index is 4360. The highest BCUT2D eigenvalue weighted by Gasteiger charge is 2.39. The number of furan rings is 2. The second-order valence-electron chi connectivity index (χ2n) is 21.2. The third-order valence-electron chi connectivity index (χ3n) is 15.9. The minimum absolute atomic E-state index is 0.308. The van der Waals surface area contributed by atoms with E-state index in [2.05, 4.69) is 245 Å². The molecule has 13 aromatic rings. The monoisotopic (exact) mass is 942 g/mol. The molecule has 1 aliphatic rings. The van der Waals surface area contributed by atoms with Crippen LogP contribution in [0.25, 0.3) is 87.3 Å². The van der Waals surface area contributed by atoms with Gasteiger partial charge in [0.25, 0.3) is 0 Å². The lowest BCUT2D eigenvalue weighted by molar-refractivity contribution is 0.667. The number of nitrogens with zero attached hydrogens (tertiary/aromatic N) is 2. The first kappa shape index (κ1) is 43.2. The summed E-state index contributed by atoms with van der Waals surface area (Å²) in [7, 11) is 0. The van der Waals surface area contributed by atoms with Crippen molar-refractivity contribution in [2.24, 2.45) is 0 Å². The van der Waals surface area contributed by atoms with E-state index in [1.54, 1.807) is 0 Å². The summed E-state index contributed by atoms with van der Waals surface area (Å²) in [6, 6.07) is 75.9. The molecule has 0 saturated heterocycles. The van der Waals surface area contributed by atoms with Gasteiger partial charge in [-0.1, -0.05) is 163 Å². The summed E-state index contributed by atoms with van der Waals surface area (Å²) in [6.45, 7) is 13.8. The number of hydrogen-bond acceptors (Lipinski definition) is 4. The molecule has 0 aliphatic heterocycles. The molecule has 14 rings (SSSR count). The average Bonchev–Trinajstić information content (AvgIpc) is 4.07. The average molecular weight is 943 g/mol. The van der Waals surface area contributed by atoms with Crippen LogP contribution in [0.5, 0.6) is 0 Å². The van der Waals surface area contributed by atoms with E-state index in [0.29, 0.717) is 11.8 Å². The molecule has 4 nitrogen and oxygen atoms in total. The van der Waals surface area contributed by atoms with Gasteiger partial charge in [-0.25, -0.2) is 0 Å². The highest BCUT2D eigenvalue weighted by molar-refractivity contribution is 6.20. The van der Waals surface area contributed by atoms with Gasteiger partial charge in [0.05, 0.1) is 11.4 Å². The van der Waals surface area contributed by atoms with Gasteiger partial charge in [0.1, 0.15) is 11.2 Å². The first-order valence-corrected chi connectivity index (χ1v) is 25.8. The number of hydrogen-bond donors (Lipinski definition) is 0. The molecule has 4 heteroatoms. The zero-order valence-corrected chi connectivity index (χ0v) is 42.0. The van der Waals surface area contributed by atoms with Crippen molar-refractivity contribution in [2.75, 3.05) is 9.80 Å². The maximum Gasteiger partial charge on any atom is 0.159 e. The van der Waals surface area contributed by atoms with E-state index in [0.717, 1.165) is 78.0 Å². The van der Waals surface area contributed by atoms with Crippen molar-refractivity contribution >= 4 is 110 Å². The maximum atomic E-state index is 6.74. The van der Waals surface area contributed by atoms with E-state index in [1.165, 1.54) is 65.7 Å². The summed E-state index contributed by atoms with van der Waals surface area (Å²) in [4.78, 5) is 4.76. The van der Waals surface area contributed by atoms with Crippen LogP contribution in [0.1, 0.15) is 75.6 Å². The quantitative estimate of drug-likeness (QED) is 0.142. The molecule has 352 valence electrons. The zero-order chi connectivity index (χ0) is 49.3. The standard InChI is InChI=1S/C69H54N2O2/c1-41(2)43-25-30-47(31-26-43)70(61-21-13-19-56-52-16-9-11-23-63(52)72-67(56)61)49-34-29-45-38-59-60(39-46(45)37-49)69(5,6)66-55-36-35-50(40-58(55)51-15-7-8-18-54(51)65(59)66)71(48-32-27-44(28-33-48)42(3)4)62-22-14-20-57-53-17-10-12-24-64(53)73-68(57)62/h7-42H,1-6H3. The first-order valence-electron chi connectivity index (χ1n) is 25.8. The minimum atomic E-state index is -0.308. The Balaban J connectivity index is 0.942. The summed E-state index contributed by atoms with van der Waals surface area (Å²) in [5, 5.41) is 11.9. The molecule has 2 heterocycles. The molecule has 0 bridgehead atoms. The summed E-state index contributed by atoms with van der Waals surface area (Å²) in [5.41, 5.74) is 17.5. The fraction of sp³-hybridized carbons (Fsp3) is 0.130. The van der Waals surface area contributed by atoms with Gasteiger partial charge in [-0.05, 0) is 162 Å². The molecule has 73 heavy (non-hydrogen) atoms. The van der Waals surface area contributed by atoms with Gasteiger partial charge in [-0.15, -0.1) is 0 Å². The SMILES string of the molecule is CC(C)c1ccc(N(c2ccc3cc4c(cc3c2)C(C)(C)c2c-4c3ccccc3c3cc(N(c4ccc(C(C)C)cc4)c4cccc5c4oc4ccccc45)ccc23)c2cccc3c2oc2ccccc23)cc1. The third kappa shape index (κ3) is 6.59. The van der Waals surface area contributed by atoms with Gasteiger partial charge < -0.3 is 18.6 Å². The van der Waals surface area contributed by atoms with Crippen LogP contribution in [0.4, 0.5) is 34.1 Å². The molecule has 0 atom stereocenters. The van der Waals surface area contributed by atoms with Crippen molar-refractivity contribution < 1.29 is 8.83 Å². The van der Waals surface area contributed by atoms with Crippen LogP contribution in [0.3, 0.4) is 0 Å². The van der Waals surface area contributed by atoms with Crippen LogP contribution in [0.15, 0.2) is 215 Å². The molecule has 0 fully saturated rings. The number of benzene rings is 11. The lowest BCUT2D eigenvalue weighted by Gasteiger charge is -2.28. The number of rotatable bonds is 8. The second-order valence-corrected chi connectivity index (χ2v) is 21.2. The minimum Gasteiger partial charge on any atom is -0.454 e. The van der Waals surface area contributed by atoms with Gasteiger partial charge in [0.2, 0.25) is 0 Å². The van der Waals surface area contributed by atoms with Gasteiger partial charge in [-0.2, -0.15) is 0 Å². The van der Waals surface area contributed by atoms with Crippen LogP contribution in [-0.2, 0) is 5.41 Å². The molecule has 0 amide bonds. The molecule has 0 radical (unpaired) electrons. The molecule has 0 N–H and O–H groups in total. The van der Waals surface area contributed by atoms with Gasteiger partial charge in [-0.3, -0.25) is 0 Å². The van der Waals surface area contributed by atoms with Crippen molar-refractivity contribution in [3.8, 4) is 11.1 Å². The number of fused-ring (bicyclic) bond motifs is 15. The molecule has 0 saturated carbocycles. The van der Waals surface area contributed by atoms with Crippen molar-refractivity contribution in [1.29, 1.82) is 0 Å². The Morgan fingerprint density at radius 3 is 1.41 bits per heavy atom.